The van der Waals surface area contributed by atoms with E-state index in [1.807, 2.05) is 0 Å². The number of rotatable bonds is 4. The van der Waals surface area contributed by atoms with Crippen molar-refractivity contribution in [3.63, 3.8) is 0 Å². The lowest BCUT2D eigenvalue weighted by Crippen LogP contribution is -2.36. The zero-order chi connectivity index (χ0) is 13.7. The van der Waals surface area contributed by atoms with Gasteiger partial charge in [0.05, 0.1) is 16.1 Å². The molecule has 0 aromatic heterocycles. The van der Waals surface area contributed by atoms with Crippen molar-refractivity contribution in [3.8, 4) is 11.8 Å². The van der Waals surface area contributed by atoms with E-state index >= 15 is 0 Å². The first-order chi connectivity index (χ1) is 9.20. The van der Waals surface area contributed by atoms with Gasteiger partial charge in [-0.15, -0.1) is 0 Å². The van der Waals surface area contributed by atoms with Gasteiger partial charge in [0.1, 0.15) is 6.61 Å². The van der Waals surface area contributed by atoms with Crippen LogP contribution >= 0.6 is 23.2 Å². The summed E-state index contributed by atoms with van der Waals surface area (Å²) >= 11 is 12.1. The number of piperidine rings is 1. The van der Waals surface area contributed by atoms with Crippen LogP contribution in [0.4, 0.5) is 0 Å². The normalized spacial score (nSPS) is 17.1. The fourth-order valence-corrected chi connectivity index (χ4v) is 2.69. The van der Waals surface area contributed by atoms with Gasteiger partial charge < -0.3 is 4.74 Å². The summed E-state index contributed by atoms with van der Waals surface area (Å²) in [4.78, 5) is 2.30. The van der Waals surface area contributed by atoms with Gasteiger partial charge in [-0.05, 0) is 38.1 Å². The molecule has 0 saturated carbocycles. The number of para-hydroxylation sites is 1. The van der Waals surface area contributed by atoms with Crippen molar-refractivity contribution in [1.29, 1.82) is 5.26 Å². The van der Waals surface area contributed by atoms with Crippen LogP contribution in [-0.4, -0.2) is 31.1 Å². The Morgan fingerprint density at radius 2 is 1.89 bits per heavy atom. The second kappa shape index (κ2) is 7.00. The van der Waals surface area contributed by atoms with Crippen LogP contribution in [0.2, 0.25) is 10.0 Å². The summed E-state index contributed by atoms with van der Waals surface area (Å²) in [6, 6.07) is 7.65. The molecule has 0 spiro atoms. The highest BCUT2D eigenvalue weighted by Gasteiger charge is 2.18. The van der Waals surface area contributed by atoms with Crippen LogP contribution in [0.25, 0.3) is 0 Å². The number of nitrogens with zero attached hydrogens (tertiary/aromatic N) is 2. The average molecular weight is 299 g/mol. The van der Waals surface area contributed by atoms with Crippen LogP contribution in [0.1, 0.15) is 12.8 Å². The van der Waals surface area contributed by atoms with Crippen molar-refractivity contribution in [3.05, 3.63) is 28.2 Å². The smallest absolute Gasteiger partial charge is 0.156 e. The molecule has 3 nitrogen and oxygen atoms in total. The Hall–Kier alpha value is -0.950. The number of hydrogen-bond donors (Lipinski definition) is 0. The Morgan fingerprint density at radius 3 is 2.47 bits per heavy atom. The van der Waals surface area contributed by atoms with Gasteiger partial charge in [-0.2, -0.15) is 5.26 Å². The van der Waals surface area contributed by atoms with E-state index in [0.717, 1.165) is 32.5 Å². The van der Waals surface area contributed by atoms with E-state index in [0.29, 0.717) is 22.4 Å². The Labute approximate surface area is 123 Å². The second-order valence-corrected chi connectivity index (χ2v) is 5.46. The fourth-order valence-electron chi connectivity index (χ4n) is 2.18. The predicted molar refractivity (Wildman–Crippen MR) is 76.7 cm³/mol. The highest BCUT2D eigenvalue weighted by atomic mass is 35.5. The highest BCUT2D eigenvalue weighted by molar-refractivity contribution is 6.37. The Balaban J connectivity index is 1.77. The van der Waals surface area contributed by atoms with Crippen molar-refractivity contribution in [2.45, 2.75) is 12.8 Å². The molecule has 102 valence electrons. The van der Waals surface area contributed by atoms with Gasteiger partial charge in [-0.1, -0.05) is 29.3 Å². The topological polar surface area (TPSA) is 36.3 Å². The Morgan fingerprint density at radius 1 is 1.26 bits per heavy atom. The zero-order valence-corrected chi connectivity index (χ0v) is 12.1. The molecule has 2 rings (SSSR count). The van der Waals surface area contributed by atoms with Crippen LogP contribution < -0.4 is 4.74 Å². The van der Waals surface area contributed by atoms with E-state index in [1.54, 1.807) is 18.2 Å². The minimum absolute atomic E-state index is 0.218. The fraction of sp³-hybridized carbons (Fsp3) is 0.500. The standard InChI is InChI=1S/C14H16Cl2N2O/c15-12-2-1-3-13(16)14(12)19-9-8-18-6-4-11(10-17)5-7-18/h1-3,11H,4-9H2. The van der Waals surface area contributed by atoms with E-state index < -0.39 is 0 Å². The predicted octanol–water partition coefficient (Wildman–Crippen LogP) is 3.61. The third-order valence-electron chi connectivity index (χ3n) is 3.34. The number of ether oxygens (including phenoxy) is 1. The molecular formula is C14H16Cl2N2O. The Kier molecular flexibility index (Phi) is 5.33. The zero-order valence-electron chi connectivity index (χ0n) is 10.6. The molecule has 1 aromatic carbocycles. The van der Waals surface area contributed by atoms with Gasteiger partial charge in [0.2, 0.25) is 0 Å². The van der Waals surface area contributed by atoms with E-state index in [-0.39, 0.29) is 5.92 Å². The first-order valence-electron chi connectivity index (χ1n) is 6.39. The third-order valence-corrected chi connectivity index (χ3v) is 3.94. The molecule has 0 aliphatic carbocycles. The average Bonchev–Trinajstić information content (AvgIpc) is 2.43. The minimum atomic E-state index is 0.218. The first-order valence-corrected chi connectivity index (χ1v) is 7.15. The van der Waals surface area contributed by atoms with Crippen LogP contribution in [-0.2, 0) is 0 Å². The van der Waals surface area contributed by atoms with Crippen molar-refractivity contribution in [2.24, 2.45) is 5.92 Å². The van der Waals surface area contributed by atoms with Crippen molar-refractivity contribution < 1.29 is 4.74 Å². The van der Waals surface area contributed by atoms with Gasteiger partial charge >= 0.3 is 0 Å². The summed E-state index contributed by atoms with van der Waals surface area (Å²) < 4.78 is 5.65. The molecule has 1 aliphatic rings. The molecule has 1 saturated heterocycles. The molecule has 0 unspecified atom stereocenters. The molecule has 1 aliphatic heterocycles. The molecule has 5 heteroatoms. The third kappa shape index (κ3) is 4.01. The molecule has 0 amide bonds. The van der Waals surface area contributed by atoms with Crippen LogP contribution in [0.5, 0.6) is 5.75 Å². The van der Waals surface area contributed by atoms with Crippen molar-refractivity contribution in [1.82, 2.24) is 4.90 Å². The highest BCUT2D eigenvalue weighted by Crippen LogP contribution is 2.32. The number of hydrogen-bond acceptors (Lipinski definition) is 3. The Bertz CT molecular complexity index is 445. The van der Waals surface area contributed by atoms with Crippen LogP contribution in [0, 0.1) is 17.2 Å². The largest absolute Gasteiger partial charge is 0.489 e. The minimum Gasteiger partial charge on any atom is -0.489 e. The van der Waals surface area contributed by atoms with Gasteiger partial charge in [0.25, 0.3) is 0 Å². The molecule has 1 aromatic rings. The second-order valence-electron chi connectivity index (χ2n) is 4.64. The van der Waals surface area contributed by atoms with Crippen LogP contribution in [0.3, 0.4) is 0 Å². The lowest BCUT2D eigenvalue weighted by Gasteiger charge is -2.28. The maximum Gasteiger partial charge on any atom is 0.156 e. The van der Waals surface area contributed by atoms with Gasteiger partial charge in [-0.3, -0.25) is 4.90 Å². The van der Waals surface area contributed by atoms with Gasteiger partial charge in [-0.25, -0.2) is 0 Å². The molecule has 0 radical (unpaired) electrons. The lowest BCUT2D eigenvalue weighted by molar-refractivity contribution is 0.169. The molecule has 1 fully saturated rings. The van der Waals surface area contributed by atoms with Gasteiger partial charge in [0, 0.05) is 12.5 Å². The number of likely N-dealkylation sites (tertiary alicyclic amines) is 1. The number of nitriles is 1. The summed E-state index contributed by atoms with van der Waals surface area (Å²) in [6.45, 7) is 3.30. The molecule has 19 heavy (non-hydrogen) atoms. The van der Waals surface area contributed by atoms with E-state index in [2.05, 4.69) is 11.0 Å². The SMILES string of the molecule is N#CC1CCN(CCOc2c(Cl)cccc2Cl)CC1. The maximum absolute atomic E-state index is 8.84. The van der Waals surface area contributed by atoms with Crippen LogP contribution in [0.15, 0.2) is 18.2 Å². The summed E-state index contributed by atoms with van der Waals surface area (Å²) in [7, 11) is 0. The molecule has 0 N–H and O–H groups in total. The number of benzene rings is 1. The van der Waals surface area contributed by atoms with Crippen molar-refractivity contribution >= 4 is 23.2 Å². The van der Waals surface area contributed by atoms with E-state index in [9.17, 15) is 0 Å². The molecular weight excluding hydrogens is 283 g/mol. The maximum atomic E-state index is 8.84. The quantitative estimate of drug-likeness (QED) is 0.852. The monoisotopic (exact) mass is 298 g/mol. The summed E-state index contributed by atoms with van der Waals surface area (Å²) in [5.74, 6) is 0.771. The van der Waals surface area contributed by atoms with Gasteiger partial charge in [0.15, 0.2) is 5.75 Å². The number of halogens is 2. The molecule has 1 heterocycles. The van der Waals surface area contributed by atoms with E-state index in [1.165, 1.54) is 0 Å². The molecule has 0 bridgehead atoms. The summed E-state index contributed by atoms with van der Waals surface area (Å²) in [6.07, 6.45) is 1.90. The lowest BCUT2D eigenvalue weighted by atomic mass is 9.99. The van der Waals surface area contributed by atoms with E-state index in [4.69, 9.17) is 33.2 Å². The van der Waals surface area contributed by atoms with Crippen molar-refractivity contribution in [2.75, 3.05) is 26.2 Å². The molecule has 0 atom stereocenters. The summed E-state index contributed by atoms with van der Waals surface area (Å²) in [5, 5.41) is 9.92. The first kappa shape index (κ1) is 14.5. The summed E-state index contributed by atoms with van der Waals surface area (Å²) in [5.41, 5.74) is 0.